The van der Waals surface area contributed by atoms with E-state index >= 15 is 0 Å². The van der Waals surface area contributed by atoms with Crippen LogP contribution in [-0.4, -0.2) is 53.4 Å². The van der Waals surface area contributed by atoms with Gasteiger partial charge in [-0.3, -0.25) is 9.78 Å². The van der Waals surface area contributed by atoms with Crippen LogP contribution in [0.5, 0.6) is 0 Å². The molecule has 0 atom stereocenters. The van der Waals surface area contributed by atoms with E-state index in [0.717, 1.165) is 32.7 Å². The van der Waals surface area contributed by atoms with Crippen LogP contribution in [0.4, 0.5) is 0 Å². The van der Waals surface area contributed by atoms with Gasteiger partial charge in [-0.05, 0) is 18.7 Å². The molecule has 1 amide bonds. The first-order valence-corrected chi connectivity index (χ1v) is 6.12. The van der Waals surface area contributed by atoms with Gasteiger partial charge < -0.3 is 9.80 Å². The topological polar surface area (TPSA) is 60.2 Å². The summed E-state index contributed by atoms with van der Waals surface area (Å²) in [6.07, 6.45) is 1.51. The van der Waals surface area contributed by atoms with E-state index < -0.39 is 0 Å². The summed E-state index contributed by atoms with van der Waals surface area (Å²) in [4.78, 5) is 20.4. The Hall–Kier alpha value is -1.93. The molecule has 1 aliphatic rings. The highest BCUT2D eigenvalue weighted by Gasteiger charge is 2.22. The van der Waals surface area contributed by atoms with Crippen LogP contribution in [0.15, 0.2) is 18.3 Å². The molecule has 94 valence electrons. The minimum absolute atomic E-state index is 0.0807. The molecule has 18 heavy (non-hydrogen) atoms. The second-order valence-corrected chi connectivity index (χ2v) is 4.27. The molecule has 0 spiro atoms. The van der Waals surface area contributed by atoms with Crippen molar-refractivity contribution in [3.63, 3.8) is 0 Å². The molecule has 0 bridgehead atoms. The molecule has 0 aromatic carbocycles. The van der Waals surface area contributed by atoms with E-state index in [9.17, 15) is 4.79 Å². The number of rotatable bonds is 2. The van der Waals surface area contributed by atoms with Crippen LogP contribution in [0.25, 0.3) is 0 Å². The van der Waals surface area contributed by atoms with E-state index in [2.05, 4.69) is 16.8 Å². The first-order chi connectivity index (χ1) is 8.74. The smallest absolute Gasteiger partial charge is 0.272 e. The Labute approximate surface area is 107 Å². The quantitative estimate of drug-likeness (QED) is 0.769. The molecule has 1 fully saturated rings. The maximum atomic E-state index is 12.2. The predicted molar refractivity (Wildman–Crippen MR) is 67.0 cm³/mol. The van der Waals surface area contributed by atoms with Crippen LogP contribution in [0, 0.1) is 11.3 Å². The van der Waals surface area contributed by atoms with Crippen molar-refractivity contribution in [3.05, 3.63) is 29.6 Å². The molecule has 0 N–H and O–H groups in total. The van der Waals surface area contributed by atoms with Gasteiger partial charge in [0.05, 0.1) is 11.6 Å². The van der Waals surface area contributed by atoms with Gasteiger partial charge in [-0.1, -0.05) is 6.92 Å². The van der Waals surface area contributed by atoms with Crippen LogP contribution in [0.1, 0.15) is 23.0 Å². The number of amides is 1. The Kier molecular flexibility index (Phi) is 3.90. The maximum absolute atomic E-state index is 12.2. The largest absolute Gasteiger partial charge is 0.335 e. The molecule has 0 radical (unpaired) electrons. The number of pyridine rings is 1. The molecular weight excluding hydrogens is 228 g/mol. The summed E-state index contributed by atoms with van der Waals surface area (Å²) in [7, 11) is 0. The van der Waals surface area contributed by atoms with Crippen LogP contribution in [0.2, 0.25) is 0 Å². The fraction of sp³-hybridized carbons (Fsp3) is 0.462. The number of carbonyl (C=O) groups is 1. The molecule has 5 heteroatoms. The van der Waals surface area contributed by atoms with Crippen LogP contribution < -0.4 is 0 Å². The highest BCUT2D eigenvalue weighted by atomic mass is 16.2. The van der Waals surface area contributed by atoms with Gasteiger partial charge in [-0.2, -0.15) is 5.26 Å². The van der Waals surface area contributed by atoms with E-state index in [4.69, 9.17) is 5.26 Å². The van der Waals surface area contributed by atoms with E-state index in [-0.39, 0.29) is 5.91 Å². The van der Waals surface area contributed by atoms with Crippen molar-refractivity contribution in [1.29, 1.82) is 5.26 Å². The van der Waals surface area contributed by atoms with Crippen molar-refractivity contribution in [2.24, 2.45) is 0 Å². The van der Waals surface area contributed by atoms with Gasteiger partial charge in [0.15, 0.2) is 0 Å². The van der Waals surface area contributed by atoms with Crippen molar-refractivity contribution in [2.75, 3.05) is 32.7 Å². The van der Waals surface area contributed by atoms with E-state index in [1.165, 1.54) is 6.20 Å². The first kappa shape index (κ1) is 12.5. The molecule has 1 aliphatic heterocycles. The Balaban J connectivity index is 2.06. The predicted octanol–water partition coefficient (Wildman–Crippen LogP) is 0.731. The monoisotopic (exact) mass is 244 g/mol. The van der Waals surface area contributed by atoms with Gasteiger partial charge in [-0.15, -0.1) is 0 Å². The third kappa shape index (κ3) is 2.66. The second kappa shape index (κ2) is 5.61. The summed E-state index contributed by atoms with van der Waals surface area (Å²) in [5.74, 6) is -0.0807. The molecule has 2 rings (SSSR count). The Morgan fingerprint density at radius 2 is 2.17 bits per heavy atom. The zero-order valence-corrected chi connectivity index (χ0v) is 10.5. The second-order valence-electron chi connectivity index (χ2n) is 4.27. The van der Waals surface area contributed by atoms with E-state index in [1.54, 1.807) is 17.0 Å². The van der Waals surface area contributed by atoms with Crippen LogP contribution in [-0.2, 0) is 0 Å². The highest BCUT2D eigenvalue weighted by molar-refractivity contribution is 5.92. The van der Waals surface area contributed by atoms with Crippen molar-refractivity contribution >= 4 is 5.91 Å². The minimum atomic E-state index is -0.0807. The Bertz CT molecular complexity index is 472. The summed E-state index contributed by atoms with van der Waals surface area (Å²) < 4.78 is 0. The lowest BCUT2D eigenvalue weighted by Crippen LogP contribution is -2.48. The SMILES string of the molecule is CCN1CCN(C(=O)c2cc(C#N)ccn2)CC1. The van der Waals surface area contributed by atoms with Gasteiger partial charge in [0.25, 0.3) is 5.91 Å². The maximum Gasteiger partial charge on any atom is 0.272 e. The van der Waals surface area contributed by atoms with Crippen LogP contribution in [0.3, 0.4) is 0 Å². The molecule has 0 unspecified atom stereocenters. The first-order valence-electron chi connectivity index (χ1n) is 6.12. The third-order valence-corrected chi connectivity index (χ3v) is 3.21. The van der Waals surface area contributed by atoms with Crippen molar-refractivity contribution in [1.82, 2.24) is 14.8 Å². The third-order valence-electron chi connectivity index (χ3n) is 3.21. The Morgan fingerprint density at radius 3 is 2.78 bits per heavy atom. The number of carbonyl (C=O) groups excluding carboxylic acids is 1. The number of nitriles is 1. The number of piperazine rings is 1. The summed E-state index contributed by atoms with van der Waals surface area (Å²) in [5, 5.41) is 8.81. The number of nitrogens with zero attached hydrogens (tertiary/aromatic N) is 4. The number of likely N-dealkylation sites (N-methyl/N-ethyl adjacent to an activating group) is 1. The number of hydrogen-bond donors (Lipinski definition) is 0. The minimum Gasteiger partial charge on any atom is -0.335 e. The van der Waals surface area contributed by atoms with Crippen molar-refractivity contribution in [2.45, 2.75) is 6.92 Å². The van der Waals surface area contributed by atoms with Gasteiger partial charge in [-0.25, -0.2) is 0 Å². The molecular formula is C13H16N4O. The van der Waals surface area contributed by atoms with E-state index in [1.807, 2.05) is 6.07 Å². The molecule has 2 heterocycles. The van der Waals surface area contributed by atoms with Gasteiger partial charge in [0.1, 0.15) is 5.69 Å². The van der Waals surface area contributed by atoms with Gasteiger partial charge in [0, 0.05) is 32.4 Å². The van der Waals surface area contributed by atoms with Gasteiger partial charge in [0.2, 0.25) is 0 Å². The van der Waals surface area contributed by atoms with E-state index in [0.29, 0.717) is 11.3 Å². The summed E-state index contributed by atoms with van der Waals surface area (Å²) in [6, 6.07) is 5.18. The standard InChI is InChI=1S/C13H16N4O/c1-2-16-5-7-17(8-6-16)13(18)12-9-11(10-14)3-4-15-12/h3-4,9H,2,5-8H2,1H3. The Morgan fingerprint density at radius 1 is 1.44 bits per heavy atom. The lowest BCUT2D eigenvalue weighted by molar-refractivity contribution is 0.0637. The average molecular weight is 244 g/mol. The molecule has 5 nitrogen and oxygen atoms in total. The van der Waals surface area contributed by atoms with Crippen LogP contribution >= 0.6 is 0 Å². The number of hydrogen-bond acceptors (Lipinski definition) is 4. The fourth-order valence-electron chi connectivity index (χ4n) is 2.05. The summed E-state index contributed by atoms with van der Waals surface area (Å²) in [6.45, 7) is 6.40. The zero-order valence-electron chi connectivity index (χ0n) is 10.5. The average Bonchev–Trinajstić information content (AvgIpc) is 2.46. The molecule has 0 aliphatic carbocycles. The molecule has 1 aromatic heterocycles. The lowest BCUT2D eigenvalue weighted by Gasteiger charge is -2.33. The molecule has 0 saturated carbocycles. The molecule has 1 saturated heterocycles. The summed E-state index contributed by atoms with van der Waals surface area (Å²) in [5.41, 5.74) is 0.833. The van der Waals surface area contributed by atoms with Crippen molar-refractivity contribution < 1.29 is 4.79 Å². The fourth-order valence-corrected chi connectivity index (χ4v) is 2.05. The summed E-state index contributed by atoms with van der Waals surface area (Å²) >= 11 is 0. The zero-order chi connectivity index (χ0) is 13.0. The number of aromatic nitrogens is 1. The normalized spacial score (nSPS) is 16.3. The highest BCUT2D eigenvalue weighted by Crippen LogP contribution is 2.08. The van der Waals surface area contributed by atoms with Crippen molar-refractivity contribution in [3.8, 4) is 6.07 Å². The lowest BCUT2D eigenvalue weighted by atomic mass is 10.2. The van der Waals surface area contributed by atoms with Gasteiger partial charge >= 0.3 is 0 Å². The molecule has 1 aromatic rings.